The quantitative estimate of drug-likeness (QED) is 0.827. The van der Waals surface area contributed by atoms with Crippen molar-refractivity contribution < 1.29 is 17.2 Å². The van der Waals surface area contributed by atoms with Crippen LogP contribution in [0.25, 0.3) is 0 Å². The van der Waals surface area contributed by atoms with E-state index >= 15 is 0 Å². The molecule has 3 rings (SSSR count). The Bertz CT molecular complexity index is 824. The van der Waals surface area contributed by atoms with Gasteiger partial charge in [-0.1, -0.05) is 17.7 Å². The van der Waals surface area contributed by atoms with Crippen molar-refractivity contribution >= 4 is 21.6 Å². The number of sulfonamides is 1. The minimum absolute atomic E-state index is 0.136. The summed E-state index contributed by atoms with van der Waals surface area (Å²) in [5, 5.41) is 0.447. The Morgan fingerprint density at radius 2 is 1.74 bits per heavy atom. The zero-order valence-electron chi connectivity index (χ0n) is 12.0. The van der Waals surface area contributed by atoms with Gasteiger partial charge in [0.15, 0.2) is 11.6 Å². The molecule has 2 aromatic rings. The van der Waals surface area contributed by atoms with Gasteiger partial charge in [-0.2, -0.15) is 4.31 Å². The molecule has 1 saturated heterocycles. The summed E-state index contributed by atoms with van der Waals surface area (Å²) < 4.78 is 53.5. The Morgan fingerprint density at radius 3 is 2.39 bits per heavy atom. The van der Waals surface area contributed by atoms with E-state index in [0.717, 1.165) is 12.1 Å². The first-order valence-corrected chi connectivity index (χ1v) is 8.94. The van der Waals surface area contributed by atoms with E-state index in [-0.39, 0.29) is 4.90 Å². The monoisotopic (exact) mass is 357 g/mol. The van der Waals surface area contributed by atoms with Crippen LogP contribution in [0.3, 0.4) is 0 Å². The first-order valence-electron chi connectivity index (χ1n) is 7.12. The summed E-state index contributed by atoms with van der Waals surface area (Å²) in [4.78, 5) is 0.136. The van der Waals surface area contributed by atoms with E-state index in [2.05, 4.69) is 0 Å². The second-order valence-corrected chi connectivity index (χ2v) is 7.73. The predicted octanol–water partition coefficient (Wildman–Crippen LogP) is 4.14. The molecule has 0 N–H and O–H groups in total. The lowest BCUT2D eigenvalue weighted by Gasteiger charge is -2.24. The van der Waals surface area contributed by atoms with E-state index in [1.165, 1.54) is 34.6 Å². The molecule has 0 bridgehead atoms. The summed E-state index contributed by atoms with van der Waals surface area (Å²) in [5.74, 6) is -1.92. The van der Waals surface area contributed by atoms with Crippen LogP contribution < -0.4 is 0 Å². The molecule has 1 aliphatic rings. The Kier molecular flexibility index (Phi) is 4.40. The molecule has 3 nitrogen and oxygen atoms in total. The van der Waals surface area contributed by atoms with Gasteiger partial charge >= 0.3 is 0 Å². The molecular formula is C16H14ClF2NO2S. The van der Waals surface area contributed by atoms with Crippen LogP contribution in [0.1, 0.15) is 24.4 Å². The number of benzene rings is 2. The Labute approximate surface area is 138 Å². The largest absolute Gasteiger partial charge is 0.243 e. The van der Waals surface area contributed by atoms with Crippen LogP contribution in [0, 0.1) is 11.6 Å². The second-order valence-electron chi connectivity index (χ2n) is 5.40. The van der Waals surface area contributed by atoms with Gasteiger partial charge in [0.25, 0.3) is 0 Å². The van der Waals surface area contributed by atoms with E-state index in [4.69, 9.17) is 11.6 Å². The topological polar surface area (TPSA) is 37.4 Å². The molecule has 1 fully saturated rings. The van der Waals surface area contributed by atoms with E-state index in [1.807, 2.05) is 0 Å². The molecule has 23 heavy (non-hydrogen) atoms. The maximum Gasteiger partial charge on any atom is 0.243 e. The molecule has 1 aliphatic heterocycles. The lowest BCUT2D eigenvalue weighted by atomic mass is 10.1. The fourth-order valence-corrected chi connectivity index (χ4v) is 4.63. The normalized spacial score (nSPS) is 19.2. The van der Waals surface area contributed by atoms with Crippen LogP contribution in [0.15, 0.2) is 47.4 Å². The van der Waals surface area contributed by atoms with E-state index in [9.17, 15) is 17.2 Å². The minimum atomic E-state index is -3.72. The first kappa shape index (κ1) is 16.4. The zero-order valence-corrected chi connectivity index (χ0v) is 13.6. The standard InChI is InChI=1S/C16H14ClF2NO2S/c17-12-4-6-13(7-5-12)23(21,22)20-9-1-2-16(20)11-3-8-14(18)15(19)10-11/h3-8,10,16H,1-2,9H2. The third-order valence-electron chi connectivity index (χ3n) is 3.95. The summed E-state index contributed by atoms with van der Waals surface area (Å²) in [6.07, 6.45) is 1.23. The molecule has 2 aromatic carbocycles. The molecule has 1 atom stereocenters. The van der Waals surface area contributed by atoms with Crippen molar-refractivity contribution in [2.45, 2.75) is 23.8 Å². The van der Waals surface area contributed by atoms with E-state index in [1.54, 1.807) is 0 Å². The van der Waals surface area contributed by atoms with Crippen LogP contribution >= 0.6 is 11.6 Å². The van der Waals surface area contributed by atoms with Crippen molar-refractivity contribution in [3.8, 4) is 0 Å². The molecular weight excluding hydrogens is 344 g/mol. The van der Waals surface area contributed by atoms with Crippen LogP contribution in [-0.4, -0.2) is 19.3 Å². The van der Waals surface area contributed by atoms with Crippen molar-refractivity contribution in [3.63, 3.8) is 0 Å². The van der Waals surface area contributed by atoms with Gasteiger partial charge in [0.05, 0.1) is 10.9 Å². The molecule has 122 valence electrons. The van der Waals surface area contributed by atoms with Crippen molar-refractivity contribution in [2.75, 3.05) is 6.54 Å². The Morgan fingerprint density at radius 1 is 1.04 bits per heavy atom. The molecule has 7 heteroatoms. The SMILES string of the molecule is O=S(=O)(c1ccc(Cl)cc1)N1CCCC1c1ccc(F)c(F)c1. The molecule has 0 amide bonds. The highest BCUT2D eigenvalue weighted by atomic mass is 35.5. The van der Waals surface area contributed by atoms with Crippen LogP contribution in [-0.2, 0) is 10.0 Å². The van der Waals surface area contributed by atoms with Gasteiger partial charge in [-0.3, -0.25) is 0 Å². The van der Waals surface area contributed by atoms with E-state index < -0.39 is 27.7 Å². The lowest BCUT2D eigenvalue weighted by Crippen LogP contribution is -2.30. The highest BCUT2D eigenvalue weighted by molar-refractivity contribution is 7.89. The number of nitrogens with zero attached hydrogens (tertiary/aromatic N) is 1. The van der Waals surface area contributed by atoms with Crippen molar-refractivity contribution in [2.24, 2.45) is 0 Å². The number of halogens is 3. The van der Waals surface area contributed by atoms with Crippen molar-refractivity contribution in [1.82, 2.24) is 4.31 Å². The Hall–Kier alpha value is -1.50. The molecule has 1 unspecified atom stereocenters. The molecule has 0 aromatic heterocycles. The fourth-order valence-electron chi connectivity index (χ4n) is 2.82. The summed E-state index contributed by atoms with van der Waals surface area (Å²) in [6.45, 7) is 0.342. The number of hydrogen-bond acceptors (Lipinski definition) is 2. The fraction of sp³-hybridized carbons (Fsp3) is 0.250. The summed E-state index contributed by atoms with van der Waals surface area (Å²) in [7, 11) is -3.72. The second kappa shape index (κ2) is 6.19. The van der Waals surface area contributed by atoms with Crippen molar-refractivity contribution in [1.29, 1.82) is 0 Å². The van der Waals surface area contributed by atoms with Gasteiger partial charge < -0.3 is 0 Å². The van der Waals surface area contributed by atoms with Crippen LogP contribution in [0.4, 0.5) is 8.78 Å². The molecule has 0 radical (unpaired) electrons. The summed E-state index contributed by atoms with van der Waals surface area (Å²) in [5.41, 5.74) is 0.457. The van der Waals surface area contributed by atoms with Crippen LogP contribution in [0.2, 0.25) is 5.02 Å². The summed E-state index contributed by atoms with van der Waals surface area (Å²) in [6, 6.07) is 8.93. The third kappa shape index (κ3) is 3.11. The highest BCUT2D eigenvalue weighted by Gasteiger charge is 2.36. The average Bonchev–Trinajstić information content (AvgIpc) is 3.01. The maximum absolute atomic E-state index is 13.5. The third-order valence-corrected chi connectivity index (χ3v) is 6.13. The molecule has 0 spiro atoms. The average molecular weight is 358 g/mol. The smallest absolute Gasteiger partial charge is 0.207 e. The van der Waals surface area contributed by atoms with Gasteiger partial charge in [0.1, 0.15) is 0 Å². The van der Waals surface area contributed by atoms with Crippen molar-refractivity contribution in [3.05, 3.63) is 64.7 Å². The summed E-state index contributed by atoms with van der Waals surface area (Å²) >= 11 is 5.79. The highest BCUT2D eigenvalue weighted by Crippen LogP contribution is 2.37. The molecule has 0 saturated carbocycles. The Balaban J connectivity index is 1.97. The minimum Gasteiger partial charge on any atom is -0.207 e. The van der Waals surface area contributed by atoms with Gasteiger partial charge in [-0.15, -0.1) is 0 Å². The van der Waals surface area contributed by atoms with Gasteiger partial charge in [0, 0.05) is 11.6 Å². The number of hydrogen-bond donors (Lipinski definition) is 0. The molecule has 1 heterocycles. The predicted molar refractivity (Wildman–Crippen MR) is 83.7 cm³/mol. The van der Waals surface area contributed by atoms with Crippen LogP contribution in [0.5, 0.6) is 0 Å². The van der Waals surface area contributed by atoms with Gasteiger partial charge in [-0.05, 0) is 54.8 Å². The maximum atomic E-state index is 13.5. The molecule has 0 aliphatic carbocycles. The first-order chi connectivity index (χ1) is 10.9. The van der Waals surface area contributed by atoms with Gasteiger partial charge in [0.2, 0.25) is 10.0 Å². The lowest BCUT2D eigenvalue weighted by molar-refractivity contribution is 0.394. The zero-order chi connectivity index (χ0) is 16.6. The van der Waals surface area contributed by atoms with E-state index in [0.29, 0.717) is 30.0 Å². The number of rotatable bonds is 3. The van der Waals surface area contributed by atoms with Gasteiger partial charge in [-0.25, -0.2) is 17.2 Å².